The van der Waals surface area contributed by atoms with Crippen LogP contribution in [0.2, 0.25) is 0 Å². The van der Waals surface area contributed by atoms with Crippen molar-refractivity contribution in [2.24, 2.45) is 0 Å². The maximum Gasteiger partial charge on any atom is 0.243 e. The van der Waals surface area contributed by atoms with Gasteiger partial charge in [-0.25, -0.2) is 12.8 Å². The number of ether oxygens (including phenoxy) is 1. The Bertz CT molecular complexity index is 867. The summed E-state index contributed by atoms with van der Waals surface area (Å²) >= 11 is 0. The van der Waals surface area contributed by atoms with Gasteiger partial charge in [0.25, 0.3) is 0 Å². The zero-order valence-electron chi connectivity index (χ0n) is 15.5. The predicted molar refractivity (Wildman–Crippen MR) is 102 cm³/mol. The van der Waals surface area contributed by atoms with Crippen molar-refractivity contribution in [3.63, 3.8) is 0 Å². The van der Waals surface area contributed by atoms with Crippen LogP contribution in [0.1, 0.15) is 18.1 Å². The molecule has 1 saturated heterocycles. The molecule has 0 N–H and O–H groups in total. The van der Waals surface area contributed by atoms with Crippen LogP contribution in [0.25, 0.3) is 0 Å². The normalized spacial score (nSPS) is 16.0. The molecule has 0 saturated carbocycles. The van der Waals surface area contributed by atoms with Gasteiger partial charge in [0.1, 0.15) is 5.82 Å². The molecule has 0 unspecified atom stereocenters. The van der Waals surface area contributed by atoms with Crippen LogP contribution in [-0.4, -0.2) is 50.5 Å². The van der Waals surface area contributed by atoms with Gasteiger partial charge >= 0.3 is 0 Å². The average molecular weight is 392 g/mol. The first-order valence-electron chi connectivity index (χ1n) is 9.12. The zero-order chi connectivity index (χ0) is 19.3. The molecule has 1 heterocycles. The van der Waals surface area contributed by atoms with Gasteiger partial charge in [0.05, 0.1) is 18.1 Å². The number of hydrogen-bond acceptors (Lipinski definition) is 4. The highest BCUT2D eigenvalue weighted by Gasteiger charge is 2.26. The largest absolute Gasteiger partial charge is 0.379 e. The van der Waals surface area contributed by atoms with Crippen molar-refractivity contribution in [2.45, 2.75) is 24.9 Å². The number of rotatable bonds is 7. The number of halogens is 1. The van der Waals surface area contributed by atoms with Crippen LogP contribution >= 0.6 is 0 Å². The smallest absolute Gasteiger partial charge is 0.243 e. The Labute approximate surface area is 160 Å². The summed E-state index contributed by atoms with van der Waals surface area (Å²) in [6.07, 6.45) is 0. The fourth-order valence-corrected chi connectivity index (χ4v) is 4.65. The van der Waals surface area contributed by atoms with Crippen molar-refractivity contribution < 1.29 is 17.5 Å². The third-order valence-corrected chi connectivity index (χ3v) is 6.55. The summed E-state index contributed by atoms with van der Waals surface area (Å²) in [4.78, 5) is 2.46. The highest BCUT2D eigenvalue weighted by atomic mass is 32.2. The molecular weight excluding hydrogens is 367 g/mol. The Morgan fingerprint density at radius 1 is 1.04 bits per heavy atom. The molecule has 0 aromatic heterocycles. The Morgan fingerprint density at radius 2 is 1.67 bits per heavy atom. The summed E-state index contributed by atoms with van der Waals surface area (Å²) in [7, 11) is -3.51. The van der Waals surface area contributed by atoms with Crippen LogP contribution < -0.4 is 0 Å². The SMILES string of the molecule is CCN(Cc1cccc(F)c1)Cc1cccc(S(=O)(=O)N2CCOCC2)c1. The fraction of sp³-hybridized carbons (Fsp3) is 0.400. The second-order valence-corrected chi connectivity index (χ2v) is 8.53. The van der Waals surface area contributed by atoms with Crippen molar-refractivity contribution in [1.82, 2.24) is 9.21 Å². The molecule has 2 aromatic carbocycles. The fourth-order valence-electron chi connectivity index (χ4n) is 3.17. The Hall–Kier alpha value is -1.80. The number of hydrogen-bond donors (Lipinski definition) is 0. The molecule has 0 bridgehead atoms. The zero-order valence-corrected chi connectivity index (χ0v) is 16.3. The third-order valence-electron chi connectivity index (χ3n) is 4.65. The lowest BCUT2D eigenvalue weighted by Gasteiger charge is -2.26. The van der Waals surface area contributed by atoms with E-state index in [9.17, 15) is 12.8 Å². The maximum absolute atomic E-state index is 13.4. The Kier molecular flexibility index (Phi) is 6.59. The van der Waals surface area contributed by atoms with Gasteiger partial charge in [-0.2, -0.15) is 4.31 Å². The molecule has 7 heteroatoms. The van der Waals surface area contributed by atoms with Crippen LogP contribution in [0, 0.1) is 5.82 Å². The minimum Gasteiger partial charge on any atom is -0.379 e. The second-order valence-electron chi connectivity index (χ2n) is 6.60. The van der Waals surface area contributed by atoms with Crippen molar-refractivity contribution in [3.8, 4) is 0 Å². The molecule has 5 nitrogen and oxygen atoms in total. The lowest BCUT2D eigenvalue weighted by atomic mass is 10.1. The molecule has 0 aliphatic carbocycles. The van der Waals surface area contributed by atoms with Gasteiger partial charge in [0.2, 0.25) is 10.0 Å². The van der Waals surface area contributed by atoms with E-state index in [4.69, 9.17) is 4.74 Å². The molecule has 1 fully saturated rings. The standard InChI is InChI=1S/C20H25FN2O3S/c1-2-22(15-17-5-3-7-19(21)13-17)16-18-6-4-8-20(14-18)27(24,25)23-9-11-26-12-10-23/h3-8,13-14H,2,9-12,15-16H2,1H3. The lowest BCUT2D eigenvalue weighted by Crippen LogP contribution is -2.40. The highest BCUT2D eigenvalue weighted by molar-refractivity contribution is 7.89. The highest BCUT2D eigenvalue weighted by Crippen LogP contribution is 2.20. The van der Waals surface area contributed by atoms with Gasteiger partial charge < -0.3 is 4.74 Å². The topological polar surface area (TPSA) is 49.9 Å². The third kappa shape index (κ3) is 5.13. The molecule has 0 amide bonds. The lowest BCUT2D eigenvalue weighted by molar-refractivity contribution is 0.0730. The van der Waals surface area contributed by atoms with Gasteiger partial charge in [0.15, 0.2) is 0 Å². The van der Waals surface area contributed by atoms with E-state index in [0.717, 1.165) is 17.7 Å². The van der Waals surface area contributed by atoms with E-state index in [1.54, 1.807) is 24.3 Å². The number of benzene rings is 2. The average Bonchev–Trinajstić information content (AvgIpc) is 2.68. The van der Waals surface area contributed by atoms with E-state index in [2.05, 4.69) is 4.90 Å². The quantitative estimate of drug-likeness (QED) is 0.727. The predicted octanol–water partition coefficient (Wildman–Crippen LogP) is 2.87. The monoisotopic (exact) mass is 392 g/mol. The summed E-state index contributed by atoms with van der Waals surface area (Å²) in [5.41, 5.74) is 1.82. The van der Waals surface area contributed by atoms with Crippen LogP contribution in [-0.2, 0) is 27.8 Å². The maximum atomic E-state index is 13.4. The number of nitrogens with zero attached hydrogens (tertiary/aromatic N) is 2. The Morgan fingerprint density at radius 3 is 2.30 bits per heavy atom. The first kappa shape index (κ1) is 19.9. The Balaban J connectivity index is 1.74. The molecule has 2 aromatic rings. The van der Waals surface area contributed by atoms with Crippen molar-refractivity contribution in [3.05, 3.63) is 65.5 Å². The summed E-state index contributed by atoms with van der Waals surface area (Å²) in [6, 6.07) is 13.6. The van der Waals surface area contributed by atoms with E-state index in [1.807, 2.05) is 19.1 Å². The van der Waals surface area contributed by atoms with E-state index >= 15 is 0 Å². The van der Waals surface area contributed by atoms with Crippen LogP contribution in [0.4, 0.5) is 4.39 Å². The minimum absolute atomic E-state index is 0.248. The molecule has 1 aliphatic heterocycles. The van der Waals surface area contributed by atoms with Crippen molar-refractivity contribution in [2.75, 3.05) is 32.8 Å². The van der Waals surface area contributed by atoms with Crippen LogP contribution in [0.3, 0.4) is 0 Å². The van der Waals surface area contributed by atoms with E-state index in [-0.39, 0.29) is 5.82 Å². The molecular formula is C20H25FN2O3S. The minimum atomic E-state index is -3.51. The van der Waals surface area contributed by atoms with Gasteiger partial charge in [-0.1, -0.05) is 31.2 Å². The summed E-state index contributed by atoms with van der Waals surface area (Å²) in [5, 5.41) is 0. The van der Waals surface area contributed by atoms with Crippen LogP contribution in [0.15, 0.2) is 53.4 Å². The van der Waals surface area contributed by atoms with Gasteiger partial charge in [-0.15, -0.1) is 0 Å². The van der Waals surface area contributed by atoms with Crippen molar-refractivity contribution in [1.29, 1.82) is 0 Å². The van der Waals surface area contributed by atoms with Gasteiger partial charge in [-0.05, 0) is 41.9 Å². The molecule has 0 radical (unpaired) electrons. The van der Waals surface area contributed by atoms with Crippen LogP contribution in [0.5, 0.6) is 0 Å². The molecule has 146 valence electrons. The second kappa shape index (κ2) is 8.93. The number of morpholine rings is 1. The molecule has 1 aliphatic rings. The van der Waals surface area contributed by atoms with E-state index in [1.165, 1.54) is 16.4 Å². The molecule has 0 atom stereocenters. The molecule has 0 spiro atoms. The molecule has 27 heavy (non-hydrogen) atoms. The first-order chi connectivity index (χ1) is 13.0. The summed E-state index contributed by atoms with van der Waals surface area (Å²) in [5.74, 6) is -0.248. The van der Waals surface area contributed by atoms with Gasteiger partial charge in [0, 0.05) is 26.2 Å². The van der Waals surface area contributed by atoms with Gasteiger partial charge in [-0.3, -0.25) is 4.90 Å². The molecule has 3 rings (SSSR count). The van der Waals surface area contributed by atoms with E-state index in [0.29, 0.717) is 44.3 Å². The van der Waals surface area contributed by atoms with Crippen molar-refractivity contribution >= 4 is 10.0 Å². The first-order valence-corrected chi connectivity index (χ1v) is 10.6. The summed E-state index contributed by atoms with van der Waals surface area (Å²) < 4.78 is 45.8. The summed E-state index contributed by atoms with van der Waals surface area (Å²) in [6.45, 7) is 5.63. The van der Waals surface area contributed by atoms with E-state index < -0.39 is 10.0 Å². The number of sulfonamides is 1.